The minimum atomic E-state index is -6.12. The van der Waals surface area contributed by atoms with Crippen LogP contribution in [-0.4, -0.2) is 55.6 Å². The fourth-order valence-electron chi connectivity index (χ4n) is 5.94. The Morgan fingerprint density at radius 3 is 1.86 bits per heavy atom. The molecule has 230 valence electrons. The van der Waals surface area contributed by atoms with Crippen molar-refractivity contribution >= 4 is 21.5 Å². The van der Waals surface area contributed by atoms with Gasteiger partial charge in [0.25, 0.3) is 5.60 Å². The molecule has 1 N–H and O–H groups in total. The first-order valence-corrected chi connectivity index (χ1v) is 14.6. The predicted molar refractivity (Wildman–Crippen MR) is 135 cm³/mol. The van der Waals surface area contributed by atoms with Crippen LogP contribution in [0.5, 0.6) is 0 Å². The van der Waals surface area contributed by atoms with E-state index in [9.17, 15) is 53.8 Å². The zero-order valence-electron chi connectivity index (χ0n) is 22.3. The van der Waals surface area contributed by atoms with Crippen molar-refractivity contribution in [3.8, 4) is 0 Å². The average Bonchev–Trinajstić information content (AvgIpc) is 2.89. The minimum absolute atomic E-state index is 0.00537. The Kier molecular flexibility index (Phi) is 8.31. The van der Waals surface area contributed by atoms with Crippen molar-refractivity contribution in [1.29, 1.82) is 0 Å². The molecule has 42 heavy (non-hydrogen) atoms. The van der Waals surface area contributed by atoms with E-state index >= 15 is 0 Å². The number of hydrogen-bond donors (Lipinski definition) is 1. The van der Waals surface area contributed by atoms with E-state index in [0.29, 0.717) is 38.1 Å². The highest BCUT2D eigenvalue weighted by molar-refractivity contribution is 7.92. The summed E-state index contributed by atoms with van der Waals surface area (Å²) in [5.74, 6) is -1.73. The lowest BCUT2D eigenvalue weighted by Crippen LogP contribution is -2.54. The van der Waals surface area contributed by atoms with Crippen LogP contribution in [0.15, 0.2) is 53.4 Å². The van der Waals surface area contributed by atoms with E-state index in [4.69, 9.17) is 0 Å². The number of alkyl halides is 6. The van der Waals surface area contributed by atoms with Gasteiger partial charge in [0, 0.05) is 37.9 Å². The maximum absolute atomic E-state index is 13.8. The molecule has 0 unspecified atom stereocenters. The van der Waals surface area contributed by atoms with E-state index in [1.807, 2.05) is 0 Å². The van der Waals surface area contributed by atoms with E-state index in [0.717, 1.165) is 36.4 Å². The van der Waals surface area contributed by atoms with Crippen molar-refractivity contribution in [2.45, 2.75) is 66.6 Å². The monoisotopic (exact) mass is 623 g/mol. The summed E-state index contributed by atoms with van der Waals surface area (Å²) >= 11 is 0. The summed E-state index contributed by atoms with van der Waals surface area (Å²) in [6, 6.07) is 6.21. The molecule has 6 nitrogen and oxygen atoms in total. The molecule has 1 aliphatic heterocycles. The summed E-state index contributed by atoms with van der Waals surface area (Å²) in [4.78, 5) is 25.9. The highest BCUT2D eigenvalue weighted by Crippen LogP contribution is 2.56. The third-order valence-corrected chi connectivity index (χ3v) is 10.9. The Hall–Kier alpha value is -3.00. The fourth-order valence-corrected chi connectivity index (χ4v) is 8.24. The van der Waals surface area contributed by atoms with Crippen LogP contribution in [0, 0.1) is 17.7 Å². The lowest BCUT2D eigenvalue weighted by molar-refractivity contribution is -0.376. The minimum Gasteiger partial charge on any atom is -0.369 e. The summed E-state index contributed by atoms with van der Waals surface area (Å²) in [5, 5.41) is 9.73. The Morgan fingerprint density at radius 1 is 0.905 bits per heavy atom. The van der Waals surface area contributed by atoms with Crippen molar-refractivity contribution < 1.29 is 53.8 Å². The first-order chi connectivity index (χ1) is 19.3. The maximum Gasteiger partial charge on any atom is 0.430 e. The number of ketones is 1. The average molecular weight is 624 g/mol. The van der Waals surface area contributed by atoms with E-state index in [-0.39, 0.29) is 47.3 Å². The number of aliphatic hydroxyl groups is 1. The third-order valence-electron chi connectivity index (χ3n) is 8.41. The van der Waals surface area contributed by atoms with Gasteiger partial charge in [0.15, 0.2) is 9.84 Å². The van der Waals surface area contributed by atoms with Gasteiger partial charge in [-0.25, -0.2) is 12.8 Å². The molecule has 1 saturated heterocycles. The third kappa shape index (κ3) is 5.43. The second-order valence-corrected chi connectivity index (χ2v) is 13.2. The molecule has 0 atom stereocenters. The summed E-state index contributed by atoms with van der Waals surface area (Å²) in [5.41, 5.74) is -6.85. The van der Waals surface area contributed by atoms with Crippen LogP contribution >= 0.6 is 0 Å². The van der Waals surface area contributed by atoms with Crippen molar-refractivity contribution in [3.05, 3.63) is 65.5 Å². The predicted octanol–water partition coefficient (Wildman–Crippen LogP) is 5.43. The van der Waals surface area contributed by atoms with Gasteiger partial charge in [-0.2, -0.15) is 26.3 Å². The number of rotatable bonds is 7. The van der Waals surface area contributed by atoms with Gasteiger partial charge in [-0.1, -0.05) is 24.3 Å². The quantitative estimate of drug-likeness (QED) is 0.328. The molecular weight excluding hydrogens is 595 g/mol. The molecule has 2 aliphatic rings. The summed E-state index contributed by atoms with van der Waals surface area (Å²) in [6.45, 7) is 2.25. The van der Waals surface area contributed by atoms with Crippen molar-refractivity contribution in [3.63, 3.8) is 0 Å². The van der Waals surface area contributed by atoms with Crippen LogP contribution in [0.1, 0.15) is 50.2 Å². The number of Topliss-reactive ketones (excluding diaryl/α,β-unsaturated/α-hetero) is 1. The number of piperidine rings is 1. The highest BCUT2D eigenvalue weighted by atomic mass is 32.2. The second kappa shape index (κ2) is 10.9. The van der Waals surface area contributed by atoms with Crippen LogP contribution in [0.4, 0.5) is 30.7 Å². The van der Waals surface area contributed by atoms with Gasteiger partial charge in [-0.05, 0) is 61.4 Å². The number of sulfone groups is 1. The number of carbonyl (C=O) groups excluding carboxylic acids is 2. The zero-order chi connectivity index (χ0) is 31.3. The van der Waals surface area contributed by atoms with E-state index in [2.05, 4.69) is 0 Å². The molecule has 1 aliphatic carbocycles. The van der Waals surface area contributed by atoms with Gasteiger partial charge >= 0.3 is 12.4 Å². The summed E-state index contributed by atoms with van der Waals surface area (Å²) < 4.78 is 120. The highest BCUT2D eigenvalue weighted by Gasteiger charge is 2.71. The molecule has 14 heteroatoms. The lowest BCUT2D eigenvalue weighted by Gasteiger charge is -2.47. The smallest absolute Gasteiger partial charge is 0.369 e. The Balaban J connectivity index is 1.64. The molecular formula is C28H28F7NO5S. The van der Waals surface area contributed by atoms with Crippen LogP contribution in [0.3, 0.4) is 0 Å². The van der Waals surface area contributed by atoms with Gasteiger partial charge in [0.1, 0.15) is 16.3 Å². The van der Waals surface area contributed by atoms with Crippen LogP contribution < -0.4 is 0 Å². The van der Waals surface area contributed by atoms with E-state index in [1.165, 1.54) is 6.92 Å². The van der Waals surface area contributed by atoms with Gasteiger partial charge in [-0.15, -0.1) is 0 Å². The molecule has 2 aromatic rings. The van der Waals surface area contributed by atoms with Crippen LogP contribution in [-0.2, 0) is 29.8 Å². The molecule has 1 amide bonds. The first-order valence-electron chi connectivity index (χ1n) is 13.1. The molecule has 0 radical (unpaired) electrons. The number of nitrogens with zero attached hydrogens (tertiary/aromatic N) is 1. The molecule has 0 aromatic heterocycles. The van der Waals surface area contributed by atoms with Crippen molar-refractivity contribution in [2.24, 2.45) is 11.8 Å². The largest absolute Gasteiger partial charge is 0.430 e. The van der Waals surface area contributed by atoms with Gasteiger partial charge in [-0.3, -0.25) is 9.59 Å². The molecule has 1 saturated carbocycles. The standard InChI is InChI=1S/C28H28F7NO5S/c1-17(37)36-12-10-19(11-13-36)24(38)14-18-15-25(16-18,42(40,41)23-8-6-22(29)7-9-23)20-2-4-21(5-3-20)26(39,27(30,31)32)28(33,34)35/h2-9,18-19,39H,10-16H2,1H3. The SMILES string of the molecule is CC(=O)N1CCC(C(=O)CC2CC(c3ccc(C(O)(C(F)(F)F)C(F)(F)F)cc3)(S(=O)(=O)c3ccc(F)cc3)C2)CC1. The zero-order valence-corrected chi connectivity index (χ0v) is 23.1. The molecule has 1 heterocycles. The number of benzene rings is 2. The fraction of sp³-hybridized carbons (Fsp3) is 0.500. The van der Waals surface area contributed by atoms with Crippen molar-refractivity contribution in [2.75, 3.05) is 13.1 Å². The summed E-state index contributed by atoms with van der Waals surface area (Å²) in [6.07, 6.45) is -11.6. The van der Waals surface area contributed by atoms with Gasteiger partial charge < -0.3 is 10.0 Å². The topological polar surface area (TPSA) is 91.8 Å². The normalized spacial score (nSPS) is 22.5. The summed E-state index contributed by atoms with van der Waals surface area (Å²) in [7, 11) is -4.38. The Labute approximate surface area is 237 Å². The Bertz CT molecular complexity index is 1410. The van der Waals surface area contributed by atoms with Gasteiger partial charge in [0.05, 0.1) is 4.90 Å². The Morgan fingerprint density at radius 2 is 1.40 bits per heavy atom. The van der Waals surface area contributed by atoms with Crippen LogP contribution in [0.2, 0.25) is 0 Å². The van der Waals surface area contributed by atoms with E-state index in [1.54, 1.807) is 4.90 Å². The molecule has 4 rings (SSSR count). The van der Waals surface area contributed by atoms with Crippen LogP contribution in [0.25, 0.3) is 0 Å². The van der Waals surface area contributed by atoms with E-state index < -0.39 is 49.8 Å². The number of halogens is 7. The van der Waals surface area contributed by atoms with Gasteiger partial charge in [0.2, 0.25) is 5.91 Å². The molecule has 2 aromatic carbocycles. The number of hydrogen-bond acceptors (Lipinski definition) is 5. The molecule has 0 spiro atoms. The molecule has 2 fully saturated rings. The molecule has 0 bridgehead atoms. The maximum atomic E-state index is 13.8. The number of carbonyl (C=O) groups is 2. The second-order valence-electron chi connectivity index (χ2n) is 11.0. The lowest BCUT2D eigenvalue weighted by atomic mass is 9.67. The first kappa shape index (κ1) is 31.9. The number of amides is 1. The number of likely N-dealkylation sites (tertiary alicyclic amines) is 1. The van der Waals surface area contributed by atoms with Crippen molar-refractivity contribution in [1.82, 2.24) is 4.90 Å².